The lowest BCUT2D eigenvalue weighted by molar-refractivity contribution is 0.0217. The molecule has 0 amide bonds. The Labute approximate surface area is 286 Å². The second-order valence-electron chi connectivity index (χ2n) is 11.6. The van der Waals surface area contributed by atoms with Crippen LogP contribution >= 0.6 is 15.9 Å². The summed E-state index contributed by atoms with van der Waals surface area (Å²) in [5, 5.41) is 3.92. The first-order chi connectivity index (χ1) is 23.1. The van der Waals surface area contributed by atoms with Crippen molar-refractivity contribution in [2.45, 2.75) is 29.9 Å². The molecule has 5 aromatic rings. The Morgan fingerprint density at radius 1 is 1.00 bits per heavy atom. The van der Waals surface area contributed by atoms with Crippen LogP contribution in [0.1, 0.15) is 24.0 Å². The van der Waals surface area contributed by atoms with E-state index < -0.39 is 21.3 Å². The molecule has 6 rings (SSSR count). The summed E-state index contributed by atoms with van der Waals surface area (Å²) in [6, 6.07) is 23.2. The zero-order valence-corrected chi connectivity index (χ0v) is 28.5. The molecule has 2 heterocycles. The molecule has 0 radical (unpaired) electrons. The van der Waals surface area contributed by atoms with E-state index in [4.69, 9.17) is 9.47 Å². The van der Waals surface area contributed by atoms with Gasteiger partial charge in [-0.3, -0.25) is 0 Å². The summed E-state index contributed by atoms with van der Waals surface area (Å²) in [6.07, 6.45) is 5.69. The molecular formula is C36H33BrF2N4O4S. The average molecular weight is 736 g/mol. The van der Waals surface area contributed by atoms with Crippen LogP contribution < -0.4 is 10.1 Å². The highest BCUT2D eigenvalue weighted by Crippen LogP contribution is 2.41. The van der Waals surface area contributed by atoms with E-state index in [1.807, 2.05) is 30.2 Å². The molecule has 8 nitrogen and oxygen atoms in total. The van der Waals surface area contributed by atoms with Gasteiger partial charge >= 0.3 is 0 Å². The van der Waals surface area contributed by atoms with E-state index in [1.165, 1.54) is 24.5 Å². The number of nitrogens with zero attached hydrogens (tertiary/aromatic N) is 3. The minimum atomic E-state index is -3.43. The SMILES string of the molecule is CN(CCC1(c2cc3c(Nc4ccc(OCc5cccc(F)c5)c(Br)c4)ncnc3cc2F)CC=CO1)CCS(=O)(=O)c1ccccc1. The van der Waals surface area contributed by atoms with Crippen LogP contribution in [0.5, 0.6) is 5.75 Å². The van der Waals surface area contributed by atoms with Gasteiger partial charge in [0.2, 0.25) is 0 Å². The summed E-state index contributed by atoms with van der Waals surface area (Å²) in [6.45, 7) is 0.990. The standard InChI is InChI=1S/C36H33BrF2N4O4S/c1-43(16-18-48(44,45)28-9-3-2-4-10-28)15-14-36(13-6-17-47-36)30-21-29-33(22-32(30)39)40-24-41-35(29)42-27-11-12-34(31(37)20-27)46-23-25-7-5-8-26(38)19-25/h2-12,17,19-22,24H,13-16,18,23H2,1H3,(H,40,41,42). The smallest absolute Gasteiger partial charge is 0.179 e. The first kappa shape index (κ1) is 33.5. The summed E-state index contributed by atoms with van der Waals surface area (Å²) in [5.41, 5.74) is 1.22. The van der Waals surface area contributed by atoms with Crippen LogP contribution in [-0.4, -0.2) is 49.2 Å². The highest BCUT2D eigenvalue weighted by Gasteiger charge is 2.38. The number of aromatic nitrogens is 2. The van der Waals surface area contributed by atoms with Crippen molar-refractivity contribution in [2.75, 3.05) is 31.2 Å². The molecule has 0 fully saturated rings. The maximum absolute atomic E-state index is 15.8. The molecule has 0 spiro atoms. The van der Waals surface area contributed by atoms with Crippen molar-refractivity contribution in [1.29, 1.82) is 0 Å². The van der Waals surface area contributed by atoms with E-state index in [0.717, 1.165) is 0 Å². The molecule has 0 bridgehead atoms. The molecule has 0 aliphatic carbocycles. The Morgan fingerprint density at radius 2 is 1.83 bits per heavy atom. The van der Waals surface area contributed by atoms with Crippen molar-refractivity contribution in [3.8, 4) is 5.75 Å². The molecule has 1 aliphatic rings. The molecule has 48 heavy (non-hydrogen) atoms. The van der Waals surface area contributed by atoms with E-state index in [1.54, 1.807) is 60.9 Å². The van der Waals surface area contributed by atoms with Gasteiger partial charge in [-0.25, -0.2) is 27.2 Å². The average Bonchev–Trinajstić information content (AvgIpc) is 3.56. The van der Waals surface area contributed by atoms with Crippen LogP contribution in [-0.2, 0) is 26.8 Å². The zero-order valence-electron chi connectivity index (χ0n) is 26.1. The van der Waals surface area contributed by atoms with Gasteiger partial charge in [0.15, 0.2) is 9.84 Å². The van der Waals surface area contributed by atoms with E-state index in [-0.39, 0.29) is 18.2 Å². The highest BCUT2D eigenvalue weighted by molar-refractivity contribution is 9.10. The Bertz CT molecular complexity index is 2060. The molecule has 0 saturated heterocycles. The van der Waals surface area contributed by atoms with Gasteiger partial charge in [0.05, 0.1) is 26.9 Å². The van der Waals surface area contributed by atoms with Crippen LogP contribution in [0.2, 0.25) is 0 Å². The lowest BCUT2D eigenvalue weighted by Gasteiger charge is -2.32. The van der Waals surface area contributed by atoms with Gasteiger partial charge in [-0.1, -0.05) is 30.3 Å². The minimum absolute atomic E-state index is 0.0352. The van der Waals surface area contributed by atoms with E-state index in [2.05, 4.69) is 31.2 Å². The normalized spacial score (nSPS) is 15.9. The van der Waals surface area contributed by atoms with Crippen molar-refractivity contribution in [2.24, 2.45) is 0 Å². The van der Waals surface area contributed by atoms with E-state index >= 15 is 4.39 Å². The number of hydrogen-bond donors (Lipinski definition) is 1. The summed E-state index contributed by atoms with van der Waals surface area (Å²) >= 11 is 3.55. The third-order valence-electron chi connectivity index (χ3n) is 8.27. The molecule has 4 aromatic carbocycles. The lowest BCUT2D eigenvalue weighted by Crippen LogP contribution is -2.34. The van der Waals surface area contributed by atoms with E-state index in [9.17, 15) is 12.8 Å². The maximum atomic E-state index is 15.8. The van der Waals surface area contributed by atoms with Crippen molar-refractivity contribution < 1.29 is 26.7 Å². The summed E-state index contributed by atoms with van der Waals surface area (Å²) in [7, 11) is -1.59. The van der Waals surface area contributed by atoms with Crippen molar-refractivity contribution in [3.63, 3.8) is 0 Å². The fourth-order valence-corrected chi connectivity index (χ4v) is 7.44. The van der Waals surface area contributed by atoms with Gasteiger partial charge in [-0.2, -0.15) is 0 Å². The van der Waals surface area contributed by atoms with Crippen LogP contribution in [0, 0.1) is 11.6 Å². The Hall–Kier alpha value is -4.39. The minimum Gasteiger partial charge on any atom is -0.490 e. The number of nitrogens with one attached hydrogen (secondary N) is 1. The fourth-order valence-electron chi connectivity index (χ4n) is 5.59. The zero-order chi connectivity index (χ0) is 33.7. The van der Waals surface area contributed by atoms with Crippen LogP contribution in [0.3, 0.4) is 0 Å². The van der Waals surface area contributed by atoms with Crippen molar-refractivity contribution >= 4 is 48.2 Å². The predicted octanol–water partition coefficient (Wildman–Crippen LogP) is 7.92. The number of rotatable bonds is 13. The maximum Gasteiger partial charge on any atom is 0.179 e. The van der Waals surface area contributed by atoms with Gasteiger partial charge in [-0.15, -0.1) is 0 Å². The molecule has 1 aliphatic heterocycles. The number of anilines is 2. The summed E-state index contributed by atoms with van der Waals surface area (Å²) in [5.74, 6) is 0.249. The topological polar surface area (TPSA) is 93.7 Å². The number of ether oxygens (including phenoxy) is 2. The second-order valence-corrected chi connectivity index (χ2v) is 14.6. The molecule has 1 N–H and O–H groups in total. The Kier molecular flexibility index (Phi) is 10.0. The van der Waals surface area contributed by atoms with Gasteiger partial charge < -0.3 is 19.7 Å². The van der Waals surface area contributed by atoms with Gasteiger partial charge in [-0.05, 0) is 83.1 Å². The number of sulfone groups is 1. The number of benzene rings is 4. The molecule has 0 saturated carbocycles. The number of halogens is 3. The Balaban J connectivity index is 1.18. The third-order valence-corrected chi connectivity index (χ3v) is 10.6. The van der Waals surface area contributed by atoms with Crippen molar-refractivity contribution in [3.05, 3.63) is 131 Å². The lowest BCUT2D eigenvalue weighted by atomic mass is 9.86. The molecular weight excluding hydrogens is 702 g/mol. The quantitative estimate of drug-likeness (QED) is 0.131. The van der Waals surface area contributed by atoms with Crippen LogP contribution in [0.4, 0.5) is 20.3 Å². The first-order valence-corrected chi connectivity index (χ1v) is 17.7. The number of fused-ring (bicyclic) bond motifs is 1. The Morgan fingerprint density at radius 3 is 2.58 bits per heavy atom. The second kappa shape index (κ2) is 14.4. The fraction of sp³-hybridized carbons (Fsp3) is 0.222. The van der Waals surface area contributed by atoms with Gasteiger partial charge in [0.25, 0.3) is 0 Å². The predicted molar refractivity (Wildman–Crippen MR) is 185 cm³/mol. The van der Waals surface area contributed by atoms with Gasteiger partial charge in [0, 0.05) is 48.6 Å². The largest absolute Gasteiger partial charge is 0.490 e. The monoisotopic (exact) mass is 734 g/mol. The molecule has 1 unspecified atom stereocenters. The first-order valence-electron chi connectivity index (χ1n) is 15.3. The van der Waals surface area contributed by atoms with Crippen molar-refractivity contribution in [1.82, 2.24) is 14.9 Å². The van der Waals surface area contributed by atoms with Crippen LogP contribution in [0.25, 0.3) is 10.9 Å². The van der Waals surface area contributed by atoms with Gasteiger partial charge in [0.1, 0.15) is 41.7 Å². The summed E-state index contributed by atoms with van der Waals surface area (Å²) in [4.78, 5) is 11.0. The van der Waals surface area contributed by atoms with E-state index in [0.29, 0.717) is 74.6 Å². The third kappa shape index (κ3) is 7.67. The number of hydrogen-bond acceptors (Lipinski definition) is 8. The summed E-state index contributed by atoms with van der Waals surface area (Å²) < 4.78 is 67.6. The highest BCUT2D eigenvalue weighted by atomic mass is 79.9. The molecule has 1 aromatic heterocycles. The molecule has 12 heteroatoms. The molecule has 1 atom stereocenters. The van der Waals surface area contributed by atoms with Crippen LogP contribution in [0.15, 0.2) is 113 Å². The molecule has 248 valence electrons.